The molecular weight excluding hydrogens is 212 g/mol. The molecule has 0 aliphatic rings. The van der Waals surface area contributed by atoms with Crippen LogP contribution in [0.3, 0.4) is 0 Å². The second-order valence-corrected chi connectivity index (χ2v) is 3.87. The van der Waals surface area contributed by atoms with Crippen molar-refractivity contribution in [3.05, 3.63) is 17.5 Å². The number of aryl methyl sites for hydroxylation is 1. The summed E-state index contributed by atoms with van der Waals surface area (Å²) in [5.74, 6) is -1.78. The van der Waals surface area contributed by atoms with Crippen LogP contribution in [-0.2, 0) is 4.79 Å². The van der Waals surface area contributed by atoms with E-state index in [1.807, 2.05) is 0 Å². The maximum atomic E-state index is 11.6. The molecule has 1 aromatic heterocycles. The fraction of sp³-hybridized carbons (Fsp3) is 0.500. The summed E-state index contributed by atoms with van der Waals surface area (Å²) >= 11 is 0. The first-order valence-electron chi connectivity index (χ1n) is 4.88. The first kappa shape index (κ1) is 12.2. The van der Waals surface area contributed by atoms with Gasteiger partial charge in [-0.25, -0.2) is 4.79 Å². The van der Waals surface area contributed by atoms with Crippen LogP contribution in [0.15, 0.2) is 10.7 Å². The molecule has 1 amide bonds. The fourth-order valence-corrected chi connectivity index (χ4v) is 1.23. The van der Waals surface area contributed by atoms with E-state index in [1.54, 1.807) is 20.8 Å². The SMILES string of the molecule is Cc1cnoc1C(=O)N[C@@H](C(=O)O)C(C)C. The number of carbonyl (C=O) groups excluding carboxylic acids is 1. The third-order valence-electron chi connectivity index (χ3n) is 2.17. The summed E-state index contributed by atoms with van der Waals surface area (Å²) in [6.45, 7) is 5.09. The second-order valence-electron chi connectivity index (χ2n) is 3.87. The molecular formula is C10H14N2O4. The summed E-state index contributed by atoms with van der Waals surface area (Å²) in [5, 5.41) is 14.7. The van der Waals surface area contributed by atoms with Crippen molar-refractivity contribution in [3.8, 4) is 0 Å². The molecule has 6 heteroatoms. The van der Waals surface area contributed by atoms with Gasteiger partial charge in [0, 0.05) is 5.56 Å². The van der Waals surface area contributed by atoms with E-state index in [0.29, 0.717) is 5.56 Å². The molecule has 1 atom stereocenters. The van der Waals surface area contributed by atoms with E-state index in [4.69, 9.17) is 9.63 Å². The Morgan fingerprint density at radius 1 is 1.50 bits per heavy atom. The number of carbonyl (C=O) groups is 2. The number of hydrogen-bond donors (Lipinski definition) is 2. The second kappa shape index (κ2) is 4.78. The zero-order chi connectivity index (χ0) is 12.3. The number of nitrogens with one attached hydrogen (secondary N) is 1. The maximum Gasteiger partial charge on any atom is 0.326 e. The van der Waals surface area contributed by atoms with Crippen LogP contribution in [0.1, 0.15) is 30.0 Å². The van der Waals surface area contributed by atoms with Crippen molar-refractivity contribution in [2.75, 3.05) is 0 Å². The molecule has 1 aromatic rings. The minimum absolute atomic E-state index is 0.0481. The smallest absolute Gasteiger partial charge is 0.326 e. The number of carboxylic acids is 1. The number of nitrogens with zero attached hydrogens (tertiary/aromatic N) is 1. The average molecular weight is 226 g/mol. The first-order valence-corrected chi connectivity index (χ1v) is 4.88. The van der Waals surface area contributed by atoms with E-state index < -0.39 is 17.9 Å². The van der Waals surface area contributed by atoms with E-state index >= 15 is 0 Å². The number of hydrogen-bond acceptors (Lipinski definition) is 4. The van der Waals surface area contributed by atoms with Crippen molar-refractivity contribution in [2.45, 2.75) is 26.8 Å². The normalized spacial score (nSPS) is 12.5. The number of carboxylic acid groups (broad SMARTS) is 1. The Balaban J connectivity index is 2.77. The predicted molar refractivity (Wildman–Crippen MR) is 55.0 cm³/mol. The van der Waals surface area contributed by atoms with Crippen LogP contribution in [-0.4, -0.2) is 28.2 Å². The summed E-state index contributed by atoms with van der Waals surface area (Å²) < 4.78 is 4.73. The third kappa shape index (κ3) is 2.59. The molecule has 16 heavy (non-hydrogen) atoms. The first-order chi connectivity index (χ1) is 7.43. The minimum Gasteiger partial charge on any atom is -0.480 e. The standard InChI is InChI=1S/C10H14N2O4/c1-5(2)7(10(14)15)12-9(13)8-6(3)4-11-16-8/h4-5,7H,1-3H3,(H,12,13)(H,14,15)/t7-/m1/s1. The third-order valence-corrected chi connectivity index (χ3v) is 2.17. The van der Waals surface area contributed by atoms with Gasteiger partial charge in [0.2, 0.25) is 5.76 Å². The molecule has 1 heterocycles. The molecule has 1 rings (SSSR count). The Hall–Kier alpha value is -1.85. The van der Waals surface area contributed by atoms with Crippen molar-refractivity contribution >= 4 is 11.9 Å². The van der Waals surface area contributed by atoms with Gasteiger partial charge in [0.05, 0.1) is 6.20 Å². The van der Waals surface area contributed by atoms with Crippen LogP contribution in [0, 0.1) is 12.8 Å². The molecule has 0 saturated heterocycles. The van der Waals surface area contributed by atoms with Crippen molar-refractivity contribution in [1.82, 2.24) is 10.5 Å². The van der Waals surface area contributed by atoms with Gasteiger partial charge in [-0.1, -0.05) is 19.0 Å². The summed E-state index contributed by atoms with van der Waals surface area (Å²) in [7, 11) is 0. The fourth-order valence-electron chi connectivity index (χ4n) is 1.23. The van der Waals surface area contributed by atoms with Gasteiger partial charge < -0.3 is 14.9 Å². The highest BCUT2D eigenvalue weighted by Gasteiger charge is 2.26. The number of amides is 1. The summed E-state index contributed by atoms with van der Waals surface area (Å²) in [6, 6.07) is -0.933. The highest BCUT2D eigenvalue weighted by atomic mass is 16.5. The molecule has 0 bridgehead atoms. The minimum atomic E-state index is -1.07. The Kier molecular flexibility index (Phi) is 3.65. The van der Waals surface area contributed by atoms with Gasteiger partial charge in [0.25, 0.3) is 5.91 Å². The molecule has 0 aliphatic carbocycles. The largest absolute Gasteiger partial charge is 0.480 e. The Bertz CT molecular complexity index is 397. The predicted octanol–water partition coefficient (Wildman–Crippen LogP) is 0.822. The van der Waals surface area contributed by atoms with Crippen LogP contribution < -0.4 is 5.32 Å². The Morgan fingerprint density at radius 3 is 2.50 bits per heavy atom. The van der Waals surface area contributed by atoms with Gasteiger partial charge in [-0.15, -0.1) is 0 Å². The van der Waals surface area contributed by atoms with E-state index in [1.165, 1.54) is 6.20 Å². The molecule has 2 N–H and O–H groups in total. The van der Waals surface area contributed by atoms with E-state index in [-0.39, 0.29) is 11.7 Å². The van der Waals surface area contributed by atoms with Gasteiger partial charge in [-0.2, -0.15) is 0 Å². The van der Waals surface area contributed by atoms with Gasteiger partial charge in [0.1, 0.15) is 6.04 Å². The van der Waals surface area contributed by atoms with E-state index in [0.717, 1.165) is 0 Å². The van der Waals surface area contributed by atoms with Crippen LogP contribution in [0.5, 0.6) is 0 Å². The molecule has 0 aromatic carbocycles. The molecule has 6 nitrogen and oxygen atoms in total. The maximum absolute atomic E-state index is 11.6. The summed E-state index contributed by atoms with van der Waals surface area (Å²) in [4.78, 5) is 22.5. The monoisotopic (exact) mass is 226 g/mol. The van der Waals surface area contributed by atoms with Crippen molar-refractivity contribution < 1.29 is 19.2 Å². The molecule has 0 saturated carbocycles. The number of aromatic nitrogens is 1. The average Bonchev–Trinajstić information content (AvgIpc) is 2.59. The lowest BCUT2D eigenvalue weighted by molar-refractivity contribution is -0.140. The zero-order valence-electron chi connectivity index (χ0n) is 9.35. The molecule has 0 aliphatic heterocycles. The zero-order valence-corrected chi connectivity index (χ0v) is 9.35. The van der Waals surface area contributed by atoms with E-state index in [9.17, 15) is 9.59 Å². The van der Waals surface area contributed by atoms with Gasteiger partial charge in [-0.3, -0.25) is 4.79 Å². The van der Waals surface area contributed by atoms with Crippen molar-refractivity contribution in [1.29, 1.82) is 0 Å². The molecule has 0 fully saturated rings. The van der Waals surface area contributed by atoms with Crippen molar-refractivity contribution in [3.63, 3.8) is 0 Å². The van der Waals surface area contributed by atoms with Crippen molar-refractivity contribution in [2.24, 2.45) is 5.92 Å². The molecule has 0 unspecified atom stereocenters. The van der Waals surface area contributed by atoms with Gasteiger partial charge in [0.15, 0.2) is 0 Å². The van der Waals surface area contributed by atoms with Crippen LogP contribution in [0.25, 0.3) is 0 Å². The summed E-state index contributed by atoms with van der Waals surface area (Å²) in [6.07, 6.45) is 1.40. The Labute approximate surface area is 92.6 Å². The van der Waals surface area contributed by atoms with Gasteiger partial charge >= 0.3 is 5.97 Å². The lowest BCUT2D eigenvalue weighted by Crippen LogP contribution is -2.44. The number of rotatable bonds is 4. The van der Waals surface area contributed by atoms with Gasteiger partial charge in [-0.05, 0) is 12.8 Å². The number of aliphatic carboxylic acids is 1. The molecule has 0 spiro atoms. The highest BCUT2D eigenvalue weighted by Crippen LogP contribution is 2.08. The topological polar surface area (TPSA) is 92.4 Å². The van der Waals surface area contributed by atoms with Crippen LogP contribution in [0.4, 0.5) is 0 Å². The van der Waals surface area contributed by atoms with Crippen LogP contribution >= 0.6 is 0 Å². The van der Waals surface area contributed by atoms with Crippen LogP contribution in [0.2, 0.25) is 0 Å². The molecule has 88 valence electrons. The lowest BCUT2D eigenvalue weighted by atomic mass is 10.0. The van der Waals surface area contributed by atoms with E-state index in [2.05, 4.69) is 10.5 Å². The highest BCUT2D eigenvalue weighted by molar-refractivity contribution is 5.95. The lowest BCUT2D eigenvalue weighted by Gasteiger charge is -2.16. The summed E-state index contributed by atoms with van der Waals surface area (Å²) in [5.41, 5.74) is 0.574. The molecule has 0 radical (unpaired) electrons. The quantitative estimate of drug-likeness (QED) is 0.792. The Morgan fingerprint density at radius 2 is 2.12 bits per heavy atom.